The van der Waals surface area contributed by atoms with Crippen molar-refractivity contribution in [1.82, 2.24) is 0 Å². The molecule has 0 saturated carbocycles. The van der Waals surface area contributed by atoms with Crippen LogP contribution in [0.5, 0.6) is 5.75 Å². The first kappa shape index (κ1) is 30.0. The molecule has 0 fully saturated rings. The first-order valence-electron chi connectivity index (χ1n) is 8.66. The number of carbonyl (C=O) groups excluding carboxylic acids is 2. The summed E-state index contributed by atoms with van der Waals surface area (Å²) in [6, 6.07) is 2.99. The number of esters is 2. The molecule has 1 rings (SSSR count). The van der Waals surface area contributed by atoms with Crippen molar-refractivity contribution in [2.45, 2.75) is 48.8 Å². The van der Waals surface area contributed by atoms with Crippen LogP contribution in [0, 0.1) is 0 Å². The molecule has 35 heavy (non-hydrogen) atoms. The smallest absolute Gasteiger partial charge is 0.422 e. The van der Waals surface area contributed by atoms with E-state index in [1.807, 2.05) is 0 Å². The zero-order chi connectivity index (χ0) is 27.7. The van der Waals surface area contributed by atoms with Gasteiger partial charge in [0.2, 0.25) is 0 Å². The summed E-state index contributed by atoms with van der Waals surface area (Å²) in [5, 5.41) is 0. The average molecular weight is 538 g/mol. The second-order valence-corrected chi connectivity index (χ2v) is 6.57. The number of alkyl halides is 13. The molecule has 4 nitrogen and oxygen atoms in total. The fraction of sp³-hybridized carbons (Fsp3) is 0.444. The molecule has 198 valence electrons. The molecule has 0 radical (unpaired) electrons. The lowest BCUT2D eigenvalue weighted by molar-refractivity contribution is -0.436. The van der Waals surface area contributed by atoms with Crippen molar-refractivity contribution >= 4 is 11.9 Å². The van der Waals surface area contributed by atoms with E-state index in [0.717, 1.165) is 12.1 Å². The van der Waals surface area contributed by atoms with Gasteiger partial charge in [0.25, 0.3) is 0 Å². The Labute approximate surface area is 186 Å². The monoisotopic (exact) mass is 538 g/mol. The van der Waals surface area contributed by atoms with Crippen molar-refractivity contribution < 1.29 is 76.1 Å². The third-order valence-electron chi connectivity index (χ3n) is 4.04. The number of ether oxygens (including phenoxy) is 2. The second kappa shape index (κ2) is 9.56. The van der Waals surface area contributed by atoms with Crippen molar-refractivity contribution in [2.75, 3.05) is 0 Å². The highest BCUT2D eigenvalue weighted by atomic mass is 19.4. The SMILES string of the molecule is C=CC(=O)Oc1ccccc1C(=O)OC(F)(F)C(F)(F)C(F)(F)C(F)(F)C(F)(F)CCC(F)(F)F. The minimum atomic E-state index is -7.76. The van der Waals surface area contributed by atoms with Gasteiger partial charge in [-0.3, -0.25) is 0 Å². The molecule has 0 heterocycles. The number of hydrogen-bond donors (Lipinski definition) is 0. The standard InChI is InChI=1S/C18H11F13O4/c1-2-11(32)34-10-6-4-3-5-9(10)12(33)35-18(30,31)17(28,29)16(26,27)15(24,25)13(19,20)7-8-14(21,22)23/h2-6H,1,7-8H2. The molecule has 0 saturated heterocycles. The summed E-state index contributed by atoms with van der Waals surface area (Å²) in [6.07, 6.45) is -18.1. The van der Waals surface area contributed by atoms with Crippen LogP contribution in [-0.4, -0.2) is 47.9 Å². The highest BCUT2D eigenvalue weighted by molar-refractivity contribution is 5.94. The molecule has 0 N–H and O–H groups in total. The Kier molecular flexibility index (Phi) is 8.20. The van der Waals surface area contributed by atoms with Gasteiger partial charge in [0.15, 0.2) is 0 Å². The molecule has 0 bridgehead atoms. The van der Waals surface area contributed by atoms with Gasteiger partial charge in [0.05, 0.1) is 0 Å². The molecular formula is C18H11F13O4. The quantitative estimate of drug-likeness (QED) is 0.150. The molecule has 17 heteroatoms. The predicted molar refractivity (Wildman–Crippen MR) is 87.7 cm³/mol. The molecule has 0 unspecified atom stereocenters. The van der Waals surface area contributed by atoms with Crippen LogP contribution < -0.4 is 4.74 Å². The Balaban J connectivity index is 3.33. The molecule has 0 aliphatic heterocycles. The molecule has 0 aliphatic rings. The van der Waals surface area contributed by atoms with Gasteiger partial charge in [-0.15, -0.1) is 0 Å². The van der Waals surface area contributed by atoms with Crippen LogP contribution in [0.2, 0.25) is 0 Å². The topological polar surface area (TPSA) is 52.6 Å². The minimum absolute atomic E-state index is 0.473. The lowest BCUT2D eigenvalue weighted by Crippen LogP contribution is -2.68. The zero-order valence-electron chi connectivity index (χ0n) is 16.6. The number of hydrogen-bond acceptors (Lipinski definition) is 4. The van der Waals surface area contributed by atoms with Crippen LogP contribution in [0.4, 0.5) is 57.1 Å². The minimum Gasteiger partial charge on any atom is -0.422 e. The maximum absolute atomic E-state index is 13.8. The normalized spacial score (nSPS) is 13.9. The third-order valence-corrected chi connectivity index (χ3v) is 4.04. The largest absolute Gasteiger partial charge is 0.473 e. The summed E-state index contributed by atoms with van der Waals surface area (Å²) in [5.74, 6) is -34.4. The van der Waals surface area contributed by atoms with Crippen LogP contribution in [0.3, 0.4) is 0 Å². The molecular weight excluding hydrogens is 527 g/mol. The van der Waals surface area contributed by atoms with Gasteiger partial charge in [-0.25, -0.2) is 9.59 Å². The van der Waals surface area contributed by atoms with Crippen molar-refractivity contribution in [2.24, 2.45) is 0 Å². The Bertz CT molecular complexity index is 954. The first-order chi connectivity index (χ1) is 15.5. The second-order valence-electron chi connectivity index (χ2n) is 6.57. The summed E-state index contributed by atoms with van der Waals surface area (Å²) in [4.78, 5) is 23.0. The Morgan fingerprint density at radius 1 is 0.771 bits per heavy atom. The summed E-state index contributed by atoms with van der Waals surface area (Å²) in [7, 11) is 0. The van der Waals surface area contributed by atoms with E-state index in [0.29, 0.717) is 18.2 Å². The van der Waals surface area contributed by atoms with E-state index >= 15 is 0 Å². The van der Waals surface area contributed by atoms with Crippen LogP contribution in [0.15, 0.2) is 36.9 Å². The highest BCUT2D eigenvalue weighted by Gasteiger charge is 2.87. The zero-order valence-corrected chi connectivity index (χ0v) is 16.6. The van der Waals surface area contributed by atoms with E-state index in [2.05, 4.69) is 16.1 Å². The van der Waals surface area contributed by atoms with Crippen molar-refractivity contribution in [1.29, 1.82) is 0 Å². The Hall–Kier alpha value is -3.01. The number of carbonyl (C=O) groups is 2. The van der Waals surface area contributed by atoms with Crippen molar-refractivity contribution in [3.8, 4) is 5.75 Å². The summed E-state index contributed by atoms with van der Waals surface area (Å²) in [6.45, 7) is 2.93. The molecule has 0 aromatic heterocycles. The molecule has 0 spiro atoms. The van der Waals surface area contributed by atoms with Gasteiger partial charge in [-0.2, -0.15) is 57.1 Å². The average Bonchev–Trinajstić information content (AvgIpc) is 2.71. The molecule has 1 aromatic carbocycles. The van der Waals surface area contributed by atoms with Gasteiger partial charge in [0.1, 0.15) is 11.3 Å². The van der Waals surface area contributed by atoms with E-state index in [4.69, 9.17) is 0 Å². The van der Waals surface area contributed by atoms with Crippen LogP contribution in [0.25, 0.3) is 0 Å². The summed E-state index contributed by atoms with van der Waals surface area (Å²) >= 11 is 0. The van der Waals surface area contributed by atoms with Gasteiger partial charge in [-0.1, -0.05) is 18.7 Å². The third kappa shape index (κ3) is 5.98. The van der Waals surface area contributed by atoms with Crippen LogP contribution in [-0.2, 0) is 9.53 Å². The summed E-state index contributed by atoms with van der Waals surface area (Å²) < 4.78 is 180. The van der Waals surface area contributed by atoms with Crippen LogP contribution in [0.1, 0.15) is 23.2 Å². The van der Waals surface area contributed by atoms with E-state index in [-0.39, 0.29) is 0 Å². The van der Waals surface area contributed by atoms with Crippen molar-refractivity contribution in [3.63, 3.8) is 0 Å². The van der Waals surface area contributed by atoms with E-state index < -0.39 is 72.1 Å². The van der Waals surface area contributed by atoms with Crippen LogP contribution >= 0.6 is 0 Å². The Morgan fingerprint density at radius 2 is 1.29 bits per heavy atom. The molecule has 0 atom stereocenters. The fourth-order valence-corrected chi connectivity index (χ4v) is 2.18. The number of benzene rings is 1. The first-order valence-corrected chi connectivity index (χ1v) is 8.66. The maximum atomic E-state index is 13.8. The molecule has 1 aromatic rings. The predicted octanol–water partition coefficient (Wildman–Crippen LogP) is 6.41. The van der Waals surface area contributed by atoms with E-state index in [1.165, 1.54) is 0 Å². The van der Waals surface area contributed by atoms with Crippen molar-refractivity contribution in [3.05, 3.63) is 42.5 Å². The van der Waals surface area contributed by atoms with E-state index in [9.17, 15) is 66.7 Å². The summed E-state index contributed by atoms with van der Waals surface area (Å²) in [5.41, 5.74) is -1.30. The highest BCUT2D eigenvalue weighted by Crippen LogP contribution is 2.58. The Morgan fingerprint density at radius 3 is 1.77 bits per heavy atom. The van der Waals surface area contributed by atoms with Gasteiger partial charge < -0.3 is 9.47 Å². The molecule has 0 aliphatic carbocycles. The van der Waals surface area contributed by atoms with Gasteiger partial charge in [0, 0.05) is 18.9 Å². The molecule has 0 amide bonds. The van der Waals surface area contributed by atoms with Gasteiger partial charge in [-0.05, 0) is 12.1 Å². The number of rotatable bonds is 10. The number of halogens is 13. The lowest BCUT2D eigenvalue weighted by atomic mass is 9.95. The fourth-order valence-electron chi connectivity index (χ4n) is 2.18. The number of para-hydroxylation sites is 1. The maximum Gasteiger partial charge on any atom is 0.473 e. The van der Waals surface area contributed by atoms with Gasteiger partial charge >= 0.3 is 47.9 Å². The van der Waals surface area contributed by atoms with E-state index in [1.54, 1.807) is 0 Å². The lowest BCUT2D eigenvalue weighted by Gasteiger charge is -2.38.